The number of nitrogens with zero attached hydrogens (tertiary/aromatic N) is 3. The van der Waals surface area contributed by atoms with Crippen LogP contribution in [0.2, 0.25) is 0 Å². The zero-order valence-electron chi connectivity index (χ0n) is 14.6. The van der Waals surface area contributed by atoms with E-state index in [0.29, 0.717) is 17.7 Å². The first kappa shape index (κ1) is 19.7. The minimum absolute atomic E-state index is 0.0764. The van der Waals surface area contributed by atoms with E-state index in [1.54, 1.807) is 12.1 Å². The van der Waals surface area contributed by atoms with Gasteiger partial charge in [0.1, 0.15) is 0 Å². The standard InChI is InChI=1S/C19H16BrN3O5/c20-14-6-4-12(5-7-14)16-11-17(13-2-1-3-15(10-13)23(27)28)22(21-16)18(24)8-9-19(25)26/h1-7,10,17H,8-9,11H2,(H,25,26)/t17-/m1/s1. The topological polar surface area (TPSA) is 113 Å². The van der Waals surface area contributed by atoms with Crippen LogP contribution in [-0.4, -0.2) is 32.6 Å². The van der Waals surface area contributed by atoms with Crippen molar-refractivity contribution in [3.63, 3.8) is 0 Å². The van der Waals surface area contributed by atoms with Crippen LogP contribution in [0.5, 0.6) is 0 Å². The molecule has 0 radical (unpaired) electrons. The molecule has 8 nitrogen and oxygen atoms in total. The summed E-state index contributed by atoms with van der Waals surface area (Å²) in [5.74, 6) is -1.51. The van der Waals surface area contributed by atoms with Crippen LogP contribution in [0.3, 0.4) is 0 Å². The lowest BCUT2D eigenvalue weighted by Gasteiger charge is -2.21. The highest BCUT2D eigenvalue weighted by Gasteiger charge is 2.33. The van der Waals surface area contributed by atoms with Crippen LogP contribution in [-0.2, 0) is 9.59 Å². The van der Waals surface area contributed by atoms with Crippen molar-refractivity contribution in [2.75, 3.05) is 0 Å². The average molecular weight is 446 g/mol. The third-order valence-corrected chi connectivity index (χ3v) is 4.89. The summed E-state index contributed by atoms with van der Waals surface area (Å²) in [5, 5.41) is 25.6. The second-order valence-corrected chi connectivity index (χ2v) is 7.17. The molecule has 0 saturated heterocycles. The Morgan fingerprint density at radius 2 is 1.93 bits per heavy atom. The molecule has 0 fully saturated rings. The van der Waals surface area contributed by atoms with Gasteiger partial charge in [0.25, 0.3) is 5.69 Å². The number of carboxylic acids is 1. The Bertz CT molecular complexity index is 958. The molecule has 1 amide bonds. The van der Waals surface area contributed by atoms with Gasteiger partial charge >= 0.3 is 5.97 Å². The molecule has 2 aromatic carbocycles. The van der Waals surface area contributed by atoms with Crippen LogP contribution in [0.1, 0.15) is 36.4 Å². The number of hydrogen-bond donors (Lipinski definition) is 1. The molecule has 1 heterocycles. The maximum absolute atomic E-state index is 12.6. The van der Waals surface area contributed by atoms with Crippen molar-refractivity contribution in [2.45, 2.75) is 25.3 Å². The number of halogens is 1. The quantitative estimate of drug-likeness (QED) is 0.534. The van der Waals surface area contributed by atoms with Gasteiger partial charge in [-0.3, -0.25) is 19.7 Å². The zero-order valence-corrected chi connectivity index (χ0v) is 16.2. The van der Waals surface area contributed by atoms with Gasteiger partial charge in [0.15, 0.2) is 0 Å². The van der Waals surface area contributed by atoms with Crippen molar-refractivity contribution in [3.8, 4) is 0 Å². The summed E-state index contributed by atoms with van der Waals surface area (Å²) in [7, 11) is 0. The maximum atomic E-state index is 12.6. The van der Waals surface area contributed by atoms with Crippen molar-refractivity contribution in [1.29, 1.82) is 0 Å². The van der Waals surface area contributed by atoms with Crippen molar-refractivity contribution >= 4 is 39.2 Å². The number of amides is 1. The van der Waals surface area contributed by atoms with Gasteiger partial charge in [-0.25, -0.2) is 5.01 Å². The number of carboxylic acid groups (broad SMARTS) is 1. The fourth-order valence-electron chi connectivity index (χ4n) is 2.99. The molecular weight excluding hydrogens is 430 g/mol. The van der Waals surface area contributed by atoms with Gasteiger partial charge in [-0.2, -0.15) is 5.10 Å². The number of aliphatic carboxylic acids is 1. The number of nitro groups is 1. The van der Waals surface area contributed by atoms with Crippen molar-refractivity contribution < 1.29 is 19.6 Å². The molecule has 1 atom stereocenters. The van der Waals surface area contributed by atoms with Gasteiger partial charge in [-0.15, -0.1) is 0 Å². The molecule has 0 bridgehead atoms. The lowest BCUT2D eigenvalue weighted by Crippen LogP contribution is -2.27. The van der Waals surface area contributed by atoms with Crippen LogP contribution in [0.15, 0.2) is 58.1 Å². The molecule has 3 rings (SSSR count). The third kappa shape index (κ3) is 4.42. The van der Waals surface area contributed by atoms with Crippen LogP contribution < -0.4 is 0 Å². The molecule has 1 N–H and O–H groups in total. The van der Waals surface area contributed by atoms with Gasteiger partial charge in [0.2, 0.25) is 5.91 Å². The van der Waals surface area contributed by atoms with Crippen LogP contribution in [0, 0.1) is 10.1 Å². The Balaban J connectivity index is 1.94. The van der Waals surface area contributed by atoms with E-state index < -0.39 is 22.8 Å². The maximum Gasteiger partial charge on any atom is 0.303 e. The molecule has 0 unspecified atom stereocenters. The van der Waals surface area contributed by atoms with E-state index in [1.165, 1.54) is 17.1 Å². The summed E-state index contributed by atoms with van der Waals surface area (Å²) in [6, 6.07) is 13.0. The van der Waals surface area contributed by atoms with Crippen LogP contribution >= 0.6 is 15.9 Å². The van der Waals surface area contributed by atoms with Gasteiger partial charge in [0.05, 0.1) is 23.1 Å². The highest BCUT2D eigenvalue weighted by molar-refractivity contribution is 9.10. The lowest BCUT2D eigenvalue weighted by molar-refractivity contribution is -0.385. The van der Waals surface area contributed by atoms with E-state index in [4.69, 9.17) is 5.11 Å². The molecule has 0 aliphatic carbocycles. The van der Waals surface area contributed by atoms with Gasteiger partial charge < -0.3 is 5.11 Å². The monoisotopic (exact) mass is 445 g/mol. The lowest BCUT2D eigenvalue weighted by atomic mass is 9.98. The molecule has 144 valence electrons. The summed E-state index contributed by atoms with van der Waals surface area (Å²) in [4.78, 5) is 34.0. The smallest absolute Gasteiger partial charge is 0.303 e. The highest BCUT2D eigenvalue weighted by Crippen LogP contribution is 2.35. The Labute approximate surface area is 168 Å². The summed E-state index contributed by atoms with van der Waals surface area (Å²) in [5.41, 5.74) is 1.99. The van der Waals surface area contributed by atoms with Gasteiger partial charge in [0, 0.05) is 29.4 Å². The third-order valence-electron chi connectivity index (χ3n) is 4.36. The summed E-state index contributed by atoms with van der Waals surface area (Å²) in [6.45, 7) is 0. The van der Waals surface area contributed by atoms with Crippen LogP contribution in [0.4, 0.5) is 5.69 Å². The number of carbonyl (C=O) groups is 2. The Morgan fingerprint density at radius 3 is 2.57 bits per heavy atom. The number of rotatable bonds is 6. The minimum Gasteiger partial charge on any atom is -0.481 e. The molecule has 28 heavy (non-hydrogen) atoms. The number of nitro benzene ring substituents is 1. The first-order valence-corrected chi connectivity index (χ1v) is 9.26. The van der Waals surface area contributed by atoms with E-state index >= 15 is 0 Å². The first-order valence-electron chi connectivity index (χ1n) is 8.47. The summed E-state index contributed by atoms with van der Waals surface area (Å²) >= 11 is 3.37. The summed E-state index contributed by atoms with van der Waals surface area (Å²) < 4.78 is 0.902. The predicted octanol–water partition coefficient (Wildman–Crippen LogP) is 3.90. The molecule has 0 spiro atoms. The predicted molar refractivity (Wildman–Crippen MR) is 105 cm³/mol. The van der Waals surface area contributed by atoms with Gasteiger partial charge in [-0.05, 0) is 23.3 Å². The van der Waals surface area contributed by atoms with E-state index in [1.807, 2.05) is 24.3 Å². The SMILES string of the molecule is O=C(O)CCC(=O)N1N=C(c2ccc(Br)cc2)C[C@@H]1c1cccc([N+](=O)[O-])c1. The van der Waals surface area contributed by atoms with E-state index in [0.717, 1.165) is 10.0 Å². The fraction of sp³-hybridized carbons (Fsp3) is 0.211. The molecule has 1 aliphatic heterocycles. The summed E-state index contributed by atoms with van der Waals surface area (Å²) in [6.07, 6.45) is -0.125. The molecule has 0 aromatic heterocycles. The number of hydrogen-bond acceptors (Lipinski definition) is 5. The molecule has 9 heteroatoms. The molecule has 2 aromatic rings. The molecule has 1 aliphatic rings. The Kier molecular flexibility index (Phi) is 5.84. The largest absolute Gasteiger partial charge is 0.481 e. The normalized spacial score (nSPS) is 16.0. The number of benzene rings is 2. The van der Waals surface area contributed by atoms with E-state index in [-0.39, 0.29) is 18.5 Å². The Morgan fingerprint density at radius 1 is 1.21 bits per heavy atom. The number of hydrazone groups is 1. The average Bonchev–Trinajstić information content (AvgIpc) is 3.12. The Hall–Kier alpha value is -3.07. The fourth-order valence-corrected chi connectivity index (χ4v) is 3.26. The zero-order chi connectivity index (χ0) is 20.3. The van der Waals surface area contributed by atoms with Crippen LogP contribution in [0.25, 0.3) is 0 Å². The van der Waals surface area contributed by atoms with Crippen molar-refractivity contribution in [1.82, 2.24) is 5.01 Å². The second-order valence-electron chi connectivity index (χ2n) is 6.26. The number of non-ortho nitro benzene ring substituents is 1. The van der Waals surface area contributed by atoms with Crippen molar-refractivity contribution in [3.05, 3.63) is 74.2 Å². The second kappa shape index (κ2) is 8.30. The van der Waals surface area contributed by atoms with E-state index in [2.05, 4.69) is 21.0 Å². The molecular formula is C19H16BrN3O5. The minimum atomic E-state index is -1.07. The first-order chi connectivity index (χ1) is 13.3. The van der Waals surface area contributed by atoms with Gasteiger partial charge in [-0.1, -0.05) is 40.2 Å². The van der Waals surface area contributed by atoms with Crippen molar-refractivity contribution in [2.24, 2.45) is 5.10 Å². The van der Waals surface area contributed by atoms with E-state index in [9.17, 15) is 19.7 Å². The molecule has 0 saturated carbocycles. The highest BCUT2D eigenvalue weighted by atomic mass is 79.9. The number of carbonyl (C=O) groups excluding carboxylic acids is 1.